The van der Waals surface area contributed by atoms with Crippen LogP contribution < -0.4 is 13.2 Å². The summed E-state index contributed by atoms with van der Waals surface area (Å²) in [4.78, 5) is 13.9. The SMILES string of the molecule is O=[C](CCCCCI)[Ge]([c]1ccccc1)([c]1ccccc1)[c]1ccccc1. The van der Waals surface area contributed by atoms with E-state index in [2.05, 4.69) is 95.4 Å². The van der Waals surface area contributed by atoms with Crippen LogP contribution in [0, 0.1) is 0 Å². The predicted molar refractivity (Wildman–Crippen MR) is 126 cm³/mol. The number of benzene rings is 3. The summed E-state index contributed by atoms with van der Waals surface area (Å²) >= 11 is -1.00. The number of unbranched alkanes of at least 4 members (excludes halogenated alkanes) is 2. The summed E-state index contributed by atoms with van der Waals surface area (Å²) in [6.07, 6.45) is 3.98. The summed E-state index contributed by atoms with van der Waals surface area (Å²) in [6.45, 7) is 0. The number of carbonyl (C=O) groups excluding carboxylic acids is 1. The predicted octanol–water partition coefficient (Wildman–Crippen LogP) is 4.26. The normalized spacial score (nSPS) is 11.3. The summed E-state index contributed by atoms with van der Waals surface area (Å²) in [5, 5.41) is 0. The molecule has 0 heterocycles. The molecule has 0 N–H and O–H groups in total. The van der Waals surface area contributed by atoms with E-state index < -0.39 is 13.3 Å². The Morgan fingerprint density at radius 3 is 1.41 bits per heavy atom. The molecule has 0 spiro atoms. The van der Waals surface area contributed by atoms with Crippen molar-refractivity contribution in [3.8, 4) is 0 Å². The molecule has 0 unspecified atom stereocenters. The first-order chi connectivity index (χ1) is 13.3. The molecule has 3 aromatic carbocycles. The Morgan fingerprint density at radius 2 is 1.04 bits per heavy atom. The molecule has 0 radical (unpaired) electrons. The van der Waals surface area contributed by atoms with Gasteiger partial charge in [0, 0.05) is 0 Å². The van der Waals surface area contributed by atoms with Gasteiger partial charge in [0.2, 0.25) is 0 Å². The molecule has 0 fully saturated rings. The van der Waals surface area contributed by atoms with Gasteiger partial charge in [-0.1, -0.05) is 0 Å². The Balaban J connectivity index is 2.15. The van der Waals surface area contributed by atoms with Crippen molar-refractivity contribution in [1.29, 1.82) is 0 Å². The van der Waals surface area contributed by atoms with E-state index in [-0.39, 0.29) is 0 Å². The van der Waals surface area contributed by atoms with Crippen molar-refractivity contribution in [2.45, 2.75) is 25.7 Å². The molecule has 138 valence electrons. The van der Waals surface area contributed by atoms with Crippen molar-refractivity contribution < 1.29 is 4.79 Å². The van der Waals surface area contributed by atoms with Crippen LogP contribution in [-0.2, 0) is 4.79 Å². The molecule has 0 atom stereocenters. The maximum atomic E-state index is 13.9. The molecular formula is C24H25GeIO. The minimum atomic E-state index is -3.42. The van der Waals surface area contributed by atoms with Gasteiger partial charge in [-0.3, -0.25) is 0 Å². The Labute approximate surface area is 178 Å². The molecular weight excluding hydrogens is 504 g/mol. The summed E-state index contributed by atoms with van der Waals surface area (Å²) < 4.78 is 5.32. The fraction of sp³-hybridized carbons (Fsp3) is 0.208. The van der Waals surface area contributed by atoms with Gasteiger partial charge >= 0.3 is 180 Å². The Bertz CT molecular complexity index is 737. The molecule has 3 aromatic rings. The Morgan fingerprint density at radius 1 is 0.630 bits per heavy atom. The van der Waals surface area contributed by atoms with Gasteiger partial charge in [0.25, 0.3) is 0 Å². The third-order valence-electron chi connectivity index (χ3n) is 5.08. The molecule has 0 bridgehead atoms. The molecule has 3 rings (SSSR count). The zero-order valence-corrected chi connectivity index (χ0v) is 19.7. The van der Waals surface area contributed by atoms with Crippen LogP contribution in [0.25, 0.3) is 0 Å². The average molecular weight is 529 g/mol. The van der Waals surface area contributed by atoms with Crippen molar-refractivity contribution in [3.05, 3.63) is 91.0 Å². The standard InChI is InChI=1S/C24H25GeIO/c26-20-12-4-11-19-24(27)25(21-13-5-1-6-14-21,22-15-7-2-8-16-22)23-17-9-3-10-18-23/h1-3,5-10,13-18H,4,11-12,19-20H2. The molecule has 0 aliphatic carbocycles. The van der Waals surface area contributed by atoms with Crippen molar-refractivity contribution in [1.82, 2.24) is 0 Å². The first kappa shape index (κ1) is 20.3. The van der Waals surface area contributed by atoms with Crippen LogP contribution in [0.15, 0.2) is 91.0 Å². The van der Waals surface area contributed by atoms with Crippen LogP contribution in [-0.4, -0.2) is 22.3 Å². The van der Waals surface area contributed by atoms with E-state index in [1.165, 1.54) is 19.6 Å². The third kappa shape index (κ3) is 4.54. The second-order valence-corrected chi connectivity index (χ2v) is 15.8. The van der Waals surface area contributed by atoms with Gasteiger partial charge in [-0.05, 0) is 0 Å². The number of rotatable bonds is 9. The molecule has 0 saturated heterocycles. The van der Waals surface area contributed by atoms with Gasteiger partial charge in [-0.2, -0.15) is 0 Å². The zero-order chi connectivity index (χ0) is 19.0. The van der Waals surface area contributed by atoms with E-state index >= 15 is 0 Å². The number of carbonyl (C=O) groups is 1. The summed E-state index contributed by atoms with van der Waals surface area (Å²) in [6, 6.07) is 31.6. The second kappa shape index (κ2) is 10.2. The molecule has 0 aliphatic rings. The summed E-state index contributed by atoms with van der Waals surface area (Å²) in [5.41, 5.74) is 0. The van der Waals surface area contributed by atoms with Crippen molar-refractivity contribution in [3.63, 3.8) is 0 Å². The van der Waals surface area contributed by atoms with Gasteiger partial charge in [-0.15, -0.1) is 0 Å². The molecule has 0 aromatic heterocycles. The molecule has 27 heavy (non-hydrogen) atoms. The Kier molecular flexibility index (Phi) is 7.71. The van der Waals surface area contributed by atoms with Crippen LogP contribution >= 0.6 is 22.6 Å². The maximum absolute atomic E-state index is 13.9. The van der Waals surface area contributed by atoms with Crippen molar-refractivity contribution in [2.24, 2.45) is 0 Å². The zero-order valence-electron chi connectivity index (χ0n) is 15.5. The van der Waals surface area contributed by atoms with E-state index in [1.54, 1.807) is 0 Å². The van der Waals surface area contributed by atoms with Crippen LogP contribution in [0.1, 0.15) is 25.7 Å². The summed E-state index contributed by atoms with van der Waals surface area (Å²) in [7, 11) is 0. The number of hydrogen-bond acceptors (Lipinski definition) is 1. The van der Waals surface area contributed by atoms with Gasteiger partial charge in [0.05, 0.1) is 0 Å². The van der Waals surface area contributed by atoms with E-state index in [9.17, 15) is 4.79 Å². The molecule has 1 nitrogen and oxygen atoms in total. The first-order valence-electron chi connectivity index (χ1n) is 9.56. The number of halogens is 1. The van der Waals surface area contributed by atoms with Crippen LogP contribution in [0.5, 0.6) is 0 Å². The molecule has 0 amide bonds. The van der Waals surface area contributed by atoms with Gasteiger partial charge in [0.15, 0.2) is 0 Å². The van der Waals surface area contributed by atoms with Crippen molar-refractivity contribution in [2.75, 3.05) is 4.43 Å². The quantitative estimate of drug-likeness (QED) is 0.176. The number of alkyl halides is 1. The van der Waals surface area contributed by atoms with E-state index in [4.69, 9.17) is 0 Å². The van der Waals surface area contributed by atoms with Crippen molar-refractivity contribution >= 4 is 53.7 Å². The second-order valence-electron chi connectivity index (χ2n) is 6.77. The fourth-order valence-corrected chi connectivity index (χ4v) is 14.0. The van der Waals surface area contributed by atoms with Crippen LogP contribution in [0.2, 0.25) is 0 Å². The van der Waals surface area contributed by atoms with Crippen LogP contribution in [0.4, 0.5) is 0 Å². The van der Waals surface area contributed by atoms with E-state index in [0.29, 0.717) is 11.0 Å². The Hall–Kier alpha value is -1.40. The molecule has 3 heteroatoms. The van der Waals surface area contributed by atoms with Gasteiger partial charge in [-0.25, -0.2) is 0 Å². The van der Waals surface area contributed by atoms with Crippen LogP contribution in [0.3, 0.4) is 0 Å². The topological polar surface area (TPSA) is 17.1 Å². The van der Waals surface area contributed by atoms with Gasteiger partial charge < -0.3 is 0 Å². The minimum absolute atomic E-state index is 0.465. The van der Waals surface area contributed by atoms with E-state index in [0.717, 1.165) is 17.3 Å². The average Bonchev–Trinajstić information content (AvgIpc) is 2.74. The fourth-order valence-electron chi connectivity index (χ4n) is 3.79. The number of hydrogen-bond donors (Lipinski definition) is 0. The molecule has 0 saturated carbocycles. The molecule has 0 aliphatic heterocycles. The third-order valence-corrected chi connectivity index (χ3v) is 15.7. The van der Waals surface area contributed by atoms with Gasteiger partial charge in [0.1, 0.15) is 0 Å². The first-order valence-corrected chi connectivity index (χ1v) is 15.3. The monoisotopic (exact) mass is 530 g/mol. The van der Waals surface area contributed by atoms with E-state index in [1.807, 2.05) is 18.2 Å². The summed E-state index contributed by atoms with van der Waals surface area (Å²) in [5.74, 6) is 0.